The summed E-state index contributed by atoms with van der Waals surface area (Å²) in [7, 11) is 0. The quantitative estimate of drug-likeness (QED) is 0.797. The highest BCUT2D eigenvalue weighted by molar-refractivity contribution is 6.00. The molecule has 4 fully saturated rings. The van der Waals surface area contributed by atoms with Crippen LogP contribution in [0.15, 0.2) is 0 Å². The minimum atomic E-state index is -0.239. The van der Waals surface area contributed by atoms with E-state index in [1.54, 1.807) is 0 Å². The second-order valence-corrected chi connectivity index (χ2v) is 8.05. The number of hydrogen-bond acceptors (Lipinski definition) is 3. The van der Waals surface area contributed by atoms with E-state index in [0.29, 0.717) is 6.42 Å². The average molecular weight is 304 g/mol. The number of nitrogens with one attached hydrogen (secondary N) is 1. The highest BCUT2D eigenvalue weighted by atomic mass is 16.2. The lowest BCUT2D eigenvalue weighted by Crippen LogP contribution is -2.58. The molecular weight excluding hydrogens is 276 g/mol. The van der Waals surface area contributed by atoms with Crippen molar-refractivity contribution in [1.82, 2.24) is 10.2 Å². The van der Waals surface area contributed by atoms with E-state index in [0.717, 1.165) is 50.2 Å². The molecule has 0 aromatic heterocycles. The van der Waals surface area contributed by atoms with Gasteiger partial charge in [0, 0.05) is 12.5 Å². The fourth-order valence-electron chi connectivity index (χ4n) is 5.45. The number of rotatable bonds is 2. The lowest BCUT2D eigenvalue weighted by molar-refractivity contribution is -0.145. The normalized spacial score (nSPS) is 36.4. The molecule has 122 valence electrons. The molecule has 2 amide bonds. The minimum absolute atomic E-state index is 0.00403. The van der Waals surface area contributed by atoms with E-state index in [2.05, 4.69) is 10.2 Å². The Bertz CT molecular complexity index is 462. The third-order valence-corrected chi connectivity index (χ3v) is 7.08. The average Bonchev–Trinajstić information content (AvgIpc) is 2.98. The Balaban J connectivity index is 1.36. The monoisotopic (exact) mass is 304 g/mol. The van der Waals surface area contributed by atoms with Crippen LogP contribution in [-0.4, -0.2) is 35.8 Å². The molecule has 2 saturated heterocycles. The van der Waals surface area contributed by atoms with Gasteiger partial charge in [0.2, 0.25) is 11.8 Å². The van der Waals surface area contributed by atoms with Crippen molar-refractivity contribution in [3.63, 3.8) is 0 Å². The first-order valence-corrected chi connectivity index (χ1v) is 9.26. The maximum absolute atomic E-state index is 12.3. The lowest BCUT2D eigenvalue weighted by Gasteiger charge is -2.51. The Morgan fingerprint density at radius 2 is 1.68 bits per heavy atom. The summed E-state index contributed by atoms with van der Waals surface area (Å²) in [4.78, 5) is 26.3. The Morgan fingerprint density at radius 1 is 0.955 bits per heavy atom. The zero-order valence-corrected chi connectivity index (χ0v) is 13.5. The van der Waals surface area contributed by atoms with E-state index in [9.17, 15) is 9.59 Å². The van der Waals surface area contributed by atoms with Crippen LogP contribution < -0.4 is 5.32 Å². The fourth-order valence-corrected chi connectivity index (χ4v) is 5.45. The summed E-state index contributed by atoms with van der Waals surface area (Å²) < 4.78 is 0. The van der Waals surface area contributed by atoms with Gasteiger partial charge in [-0.05, 0) is 57.0 Å². The molecule has 4 aliphatic rings. The van der Waals surface area contributed by atoms with Crippen LogP contribution in [0.3, 0.4) is 0 Å². The highest BCUT2D eigenvalue weighted by Gasteiger charge is 2.48. The number of imide groups is 1. The van der Waals surface area contributed by atoms with E-state index in [-0.39, 0.29) is 17.2 Å². The van der Waals surface area contributed by atoms with Gasteiger partial charge in [-0.2, -0.15) is 0 Å². The molecule has 0 radical (unpaired) electrons. The van der Waals surface area contributed by atoms with Crippen LogP contribution in [0, 0.1) is 17.3 Å². The van der Waals surface area contributed by atoms with Gasteiger partial charge in [0.1, 0.15) is 0 Å². The van der Waals surface area contributed by atoms with Gasteiger partial charge in [0.05, 0.1) is 5.41 Å². The zero-order valence-electron chi connectivity index (χ0n) is 13.5. The molecule has 2 aliphatic heterocycles. The fraction of sp³-hybridized carbons (Fsp3) is 0.889. The molecule has 4 nitrogen and oxygen atoms in total. The van der Waals surface area contributed by atoms with Gasteiger partial charge in [-0.25, -0.2) is 0 Å². The standard InChI is InChI=1S/C18H28N2O2/c21-16-7-8-18(17(22)19-16)9-11-20(12-10-18)15-6-5-14(15)13-3-1-2-4-13/h13-15H,1-12H2,(H,19,21,22). The van der Waals surface area contributed by atoms with Crippen LogP contribution in [0.5, 0.6) is 0 Å². The molecule has 2 saturated carbocycles. The maximum atomic E-state index is 12.3. The first-order valence-electron chi connectivity index (χ1n) is 9.26. The molecule has 2 atom stereocenters. The van der Waals surface area contributed by atoms with Crippen LogP contribution in [0.4, 0.5) is 0 Å². The third-order valence-electron chi connectivity index (χ3n) is 7.08. The molecule has 0 aromatic rings. The van der Waals surface area contributed by atoms with Crippen molar-refractivity contribution in [1.29, 1.82) is 0 Å². The minimum Gasteiger partial charge on any atom is -0.300 e. The molecular formula is C18H28N2O2. The van der Waals surface area contributed by atoms with Crippen molar-refractivity contribution in [2.75, 3.05) is 13.1 Å². The summed E-state index contributed by atoms with van der Waals surface area (Å²) in [5, 5.41) is 2.57. The number of piperidine rings is 2. The number of likely N-dealkylation sites (tertiary alicyclic amines) is 1. The van der Waals surface area contributed by atoms with Gasteiger partial charge in [-0.3, -0.25) is 14.9 Å². The van der Waals surface area contributed by atoms with Gasteiger partial charge < -0.3 is 4.90 Å². The largest absolute Gasteiger partial charge is 0.300 e. The maximum Gasteiger partial charge on any atom is 0.232 e. The van der Waals surface area contributed by atoms with E-state index in [4.69, 9.17) is 0 Å². The first kappa shape index (κ1) is 14.7. The molecule has 0 aromatic carbocycles. The molecule has 1 N–H and O–H groups in total. The summed E-state index contributed by atoms with van der Waals surface area (Å²) in [6.45, 7) is 2.10. The number of carbonyl (C=O) groups is 2. The van der Waals surface area contributed by atoms with Gasteiger partial charge in [-0.1, -0.05) is 25.7 Å². The SMILES string of the molecule is O=C1CCC2(CCN(C3CCC3C3CCCC3)CC2)C(=O)N1. The van der Waals surface area contributed by atoms with Crippen molar-refractivity contribution in [3.8, 4) is 0 Å². The van der Waals surface area contributed by atoms with E-state index in [1.165, 1.54) is 38.5 Å². The predicted molar refractivity (Wildman–Crippen MR) is 84.1 cm³/mol. The predicted octanol–water partition coefficient (Wildman–Crippen LogP) is 2.47. The highest BCUT2D eigenvalue weighted by Crippen LogP contribution is 2.47. The van der Waals surface area contributed by atoms with Crippen molar-refractivity contribution in [2.24, 2.45) is 17.3 Å². The summed E-state index contributed by atoms with van der Waals surface area (Å²) in [6, 6.07) is 0.786. The van der Waals surface area contributed by atoms with Crippen LogP contribution in [0.25, 0.3) is 0 Å². The van der Waals surface area contributed by atoms with Gasteiger partial charge in [0.25, 0.3) is 0 Å². The number of nitrogens with zero attached hydrogens (tertiary/aromatic N) is 1. The third kappa shape index (κ3) is 2.40. The first-order chi connectivity index (χ1) is 10.7. The zero-order chi connectivity index (χ0) is 15.2. The Morgan fingerprint density at radius 3 is 2.27 bits per heavy atom. The van der Waals surface area contributed by atoms with Crippen molar-refractivity contribution in [2.45, 2.75) is 70.3 Å². The summed E-state index contributed by atoms with van der Waals surface area (Å²) in [6.07, 6.45) is 11.7. The van der Waals surface area contributed by atoms with E-state index >= 15 is 0 Å². The molecule has 22 heavy (non-hydrogen) atoms. The number of hydrogen-bond donors (Lipinski definition) is 1. The molecule has 2 aliphatic carbocycles. The molecule has 0 bridgehead atoms. The Hall–Kier alpha value is -0.900. The summed E-state index contributed by atoms with van der Waals surface area (Å²) in [5.74, 6) is 1.83. The second-order valence-electron chi connectivity index (χ2n) is 8.05. The number of carbonyl (C=O) groups excluding carboxylic acids is 2. The molecule has 4 rings (SSSR count). The lowest BCUT2D eigenvalue weighted by atomic mass is 9.67. The molecule has 2 unspecified atom stereocenters. The van der Waals surface area contributed by atoms with Crippen molar-refractivity contribution in [3.05, 3.63) is 0 Å². The van der Waals surface area contributed by atoms with Crippen LogP contribution in [0.1, 0.15) is 64.2 Å². The molecule has 4 heteroatoms. The molecule has 2 heterocycles. The van der Waals surface area contributed by atoms with Crippen LogP contribution in [-0.2, 0) is 9.59 Å². The van der Waals surface area contributed by atoms with Crippen molar-refractivity contribution < 1.29 is 9.59 Å². The van der Waals surface area contributed by atoms with E-state index < -0.39 is 0 Å². The second kappa shape index (κ2) is 5.63. The van der Waals surface area contributed by atoms with Crippen molar-refractivity contribution >= 4 is 11.8 Å². The summed E-state index contributed by atoms with van der Waals surface area (Å²) in [5.41, 5.74) is -0.239. The summed E-state index contributed by atoms with van der Waals surface area (Å²) >= 11 is 0. The van der Waals surface area contributed by atoms with E-state index in [1.807, 2.05) is 0 Å². The Kier molecular flexibility index (Phi) is 3.75. The number of amides is 2. The Labute approximate surface area is 133 Å². The molecule has 1 spiro atoms. The van der Waals surface area contributed by atoms with Gasteiger partial charge >= 0.3 is 0 Å². The van der Waals surface area contributed by atoms with Crippen LogP contribution >= 0.6 is 0 Å². The smallest absolute Gasteiger partial charge is 0.232 e. The van der Waals surface area contributed by atoms with Gasteiger partial charge in [-0.15, -0.1) is 0 Å². The van der Waals surface area contributed by atoms with Gasteiger partial charge in [0.15, 0.2) is 0 Å². The van der Waals surface area contributed by atoms with Crippen LogP contribution in [0.2, 0.25) is 0 Å². The topological polar surface area (TPSA) is 49.4 Å².